The van der Waals surface area contributed by atoms with Gasteiger partial charge in [0.15, 0.2) is 0 Å². The van der Waals surface area contributed by atoms with Crippen LogP contribution < -0.4 is 10.1 Å². The first-order valence-corrected chi connectivity index (χ1v) is 8.70. The van der Waals surface area contributed by atoms with E-state index in [0.29, 0.717) is 18.2 Å². The van der Waals surface area contributed by atoms with Crippen LogP contribution in [0.3, 0.4) is 0 Å². The number of urea groups is 1. The lowest BCUT2D eigenvalue weighted by Gasteiger charge is -2.26. The zero-order valence-corrected chi connectivity index (χ0v) is 14.3. The molecule has 0 spiro atoms. The Morgan fingerprint density at radius 1 is 1.50 bits per heavy atom. The molecule has 0 unspecified atom stereocenters. The number of amides is 2. The van der Waals surface area contributed by atoms with Crippen molar-refractivity contribution in [2.24, 2.45) is 0 Å². The summed E-state index contributed by atoms with van der Waals surface area (Å²) in [6.07, 6.45) is 2.07. The maximum absolute atomic E-state index is 12.7. The van der Waals surface area contributed by atoms with Gasteiger partial charge in [0.05, 0.1) is 19.8 Å². The van der Waals surface area contributed by atoms with E-state index in [9.17, 15) is 4.79 Å². The van der Waals surface area contributed by atoms with Crippen molar-refractivity contribution in [3.05, 3.63) is 35.3 Å². The molecule has 1 N–H and O–H groups in total. The van der Waals surface area contributed by atoms with Gasteiger partial charge in [0.25, 0.3) is 0 Å². The van der Waals surface area contributed by atoms with Crippen LogP contribution in [0.2, 0.25) is 0 Å². The molecule has 1 aromatic heterocycles. The number of rotatable bonds is 6. The van der Waals surface area contributed by atoms with Gasteiger partial charge in [-0.2, -0.15) is 0 Å². The third kappa shape index (κ3) is 4.21. The SMILES string of the molecule is COc1ccccc1CN(C[C@@H]1CCCO1)C(=O)Nc1nncs1. The number of benzene rings is 1. The highest BCUT2D eigenvalue weighted by molar-refractivity contribution is 7.13. The summed E-state index contributed by atoms with van der Waals surface area (Å²) in [6, 6.07) is 7.48. The van der Waals surface area contributed by atoms with Crippen molar-refractivity contribution >= 4 is 22.5 Å². The van der Waals surface area contributed by atoms with E-state index in [-0.39, 0.29) is 12.1 Å². The molecule has 2 heterocycles. The zero-order chi connectivity index (χ0) is 16.8. The largest absolute Gasteiger partial charge is 0.496 e. The number of hydrogen-bond donors (Lipinski definition) is 1. The van der Waals surface area contributed by atoms with Crippen molar-refractivity contribution in [3.8, 4) is 5.75 Å². The normalized spacial score (nSPS) is 16.8. The molecule has 128 valence electrons. The zero-order valence-electron chi connectivity index (χ0n) is 13.5. The first-order chi connectivity index (χ1) is 11.8. The standard InChI is InChI=1S/C16H20N4O3S/c1-22-14-7-3-2-5-12(14)9-20(10-13-6-4-8-23-13)16(21)18-15-19-17-11-24-15/h2-3,5,7,11,13H,4,6,8-10H2,1H3,(H,18,19,21)/t13-/m0/s1. The predicted molar refractivity (Wildman–Crippen MR) is 91.3 cm³/mol. The van der Waals surface area contributed by atoms with E-state index in [1.165, 1.54) is 11.3 Å². The molecule has 0 saturated carbocycles. The van der Waals surface area contributed by atoms with Crippen molar-refractivity contribution < 1.29 is 14.3 Å². The van der Waals surface area contributed by atoms with Gasteiger partial charge in [-0.15, -0.1) is 10.2 Å². The van der Waals surface area contributed by atoms with Gasteiger partial charge >= 0.3 is 6.03 Å². The molecule has 2 amide bonds. The van der Waals surface area contributed by atoms with Gasteiger partial charge in [0.2, 0.25) is 5.13 Å². The summed E-state index contributed by atoms with van der Waals surface area (Å²) < 4.78 is 11.1. The van der Waals surface area contributed by atoms with Gasteiger partial charge in [-0.1, -0.05) is 29.5 Å². The summed E-state index contributed by atoms with van der Waals surface area (Å²) in [4.78, 5) is 14.4. The molecule has 2 aromatic rings. The first-order valence-electron chi connectivity index (χ1n) is 7.82. The molecule has 1 aliphatic heterocycles. The van der Waals surface area contributed by atoms with Crippen LogP contribution in [0.25, 0.3) is 0 Å². The number of methoxy groups -OCH3 is 1. The summed E-state index contributed by atoms with van der Waals surface area (Å²) in [6.45, 7) is 1.72. The molecule has 1 fully saturated rings. The highest BCUT2D eigenvalue weighted by Crippen LogP contribution is 2.22. The molecule has 0 bridgehead atoms. The fourth-order valence-corrected chi connectivity index (χ4v) is 3.13. The van der Waals surface area contributed by atoms with E-state index in [4.69, 9.17) is 9.47 Å². The van der Waals surface area contributed by atoms with Crippen LogP contribution in [0.1, 0.15) is 18.4 Å². The number of nitrogens with zero attached hydrogens (tertiary/aromatic N) is 3. The number of carbonyl (C=O) groups excluding carboxylic acids is 1. The van der Waals surface area contributed by atoms with Crippen LogP contribution in [0, 0.1) is 0 Å². The average molecular weight is 348 g/mol. The van der Waals surface area contributed by atoms with Gasteiger partial charge in [0.1, 0.15) is 11.3 Å². The molecule has 1 aromatic carbocycles. The molecular weight excluding hydrogens is 328 g/mol. The average Bonchev–Trinajstić information content (AvgIpc) is 3.28. The minimum atomic E-state index is -0.215. The van der Waals surface area contributed by atoms with Crippen molar-refractivity contribution in [2.75, 3.05) is 25.6 Å². The Kier molecular flexibility index (Phi) is 5.60. The Morgan fingerprint density at radius 3 is 3.08 bits per heavy atom. The van der Waals surface area contributed by atoms with Gasteiger partial charge in [-0.25, -0.2) is 4.79 Å². The maximum Gasteiger partial charge on any atom is 0.324 e. The van der Waals surface area contributed by atoms with Crippen LogP contribution in [-0.2, 0) is 11.3 Å². The second kappa shape index (κ2) is 8.07. The maximum atomic E-state index is 12.7. The van der Waals surface area contributed by atoms with Gasteiger partial charge < -0.3 is 14.4 Å². The van der Waals surface area contributed by atoms with Gasteiger partial charge in [-0.05, 0) is 18.9 Å². The van der Waals surface area contributed by atoms with E-state index >= 15 is 0 Å². The lowest BCUT2D eigenvalue weighted by atomic mass is 10.1. The number of carbonyl (C=O) groups is 1. The van der Waals surface area contributed by atoms with Gasteiger partial charge in [0, 0.05) is 18.7 Å². The monoisotopic (exact) mass is 348 g/mol. The van der Waals surface area contributed by atoms with E-state index < -0.39 is 0 Å². The Morgan fingerprint density at radius 2 is 2.38 bits per heavy atom. The van der Waals surface area contributed by atoms with Crippen molar-refractivity contribution in [1.82, 2.24) is 15.1 Å². The molecule has 0 radical (unpaired) electrons. The number of anilines is 1. The van der Waals surface area contributed by atoms with Crippen molar-refractivity contribution in [2.45, 2.75) is 25.5 Å². The summed E-state index contributed by atoms with van der Waals surface area (Å²) in [5, 5.41) is 10.9. The topological polar surface area (TPSA) is 76.6 Å². The summed E-state index contributed by atoms with van der Waals surface area (Å²) in [7, 11) is 1.63. The molecule has 24 heavy (non-hydrogen) atoms. The van der Waals surface area contributed by atoms with Crippen LogP contribution in [0.4, 0.5) is 9.93 Å². The van der Waals surface area contributed by atoms with Crippen molar-refractivity contribution in [3.63, 3.8) is 0 Å². The smallest absolute Gasteiger partial charge is 0.324 e. The fourth-order valence-electron chi connectivity index (χ4n) is 2.69. The van der Waals surface area contributed by atoms with Crippen LogP contribution >= 0.6 is 11.3 Å². The highest BCUT2D eigenvalue weighted by atomic mass is 32.1. The second-order valence-electron chi connectivity index (χ2n) is 5.50. The summed E-state index contributed by atoms with van der Waals surface area (Å²) in [5.74, 6) is 0.763. The van der Waals surface area contributed by atoms with E-state index in [2.05, 4.69) is 15.5 Å². The molecule has 1 aliphatic rings. The van der Waals surface area contributed by atoms with Crippen LogP contribution in [0.15, 0.2) is 29.8 Å². The quantitative estimate of drug-likeness (QED) is 0.869. The van der Waals surface area contributed by atoms with Crippen LogP contribution in [-0.4, -0.2) is 47.5 Å². The molecule has 7 nitrogen and oxygen atoms in total. The van der Waals surface area contributed by atoms with E-state index in [1.54, 1.807) is 17.5 Å². The van der Waals surface area contributed by atoms with E-state index in [0.717, 1.165) is 30.8 Å². The number of ether oxygens (including phenoxy) is 2. The lowest BCUT2D eigenvalue weighted by molar-refractivity contribution is 0.0817. The second-order valence-corrected chi connectivity index (χ2v) is 6.33. The fraction of sp³-hybridized carbons (Fsp3) is 0.438. The number of hydrogen-bond acceptors (Lipinski definition) is 6. The molecule has 8 heteroatoms. The molecular formula is C16H20N4O3S. The van der Waals surface area contributed by atoms with Gasteiger partial charge in [-0.3, -0.25) is 5.32 Å². The summed E-state index contributed by atoms with van der Waals surface area (Å²) >= 11 is 1.29. The third-order valence-corrected chi connectivity index (χ3v) is 4.47. The number of nitrogens with one attached hydrogen (secondary N) is 1. The van der Waals surface area contributed by atoms with E-state index in [1.807, 2.05) is 24.3 Å². The molecule has 0 aliphatic carbocycles. The summed E-state index contributed by atoms with van der Waals surface area (Å²) in [5.41, 5.74) is 2.53. The Balaban J connectivity index is 1.74. The number of aromatic nitrogens is 2. The third-order valence-electron chi connectivity index (χ3n) is 3.86. The predicted octanol–water partition coefficient (Wildman–Crippen LogP) is 2.76. The van der Waals surface area contributed by atoms with Crippen molar-refractivity contribution in [1.29, 1.82) is 0 Å². The molecule has 1 atom stereocenters. The Hall–Kier alpha value is -2.19. The first kappa shape index (κ1) is 16.7. The lowest BCUT2D eigenvalue weighted by Crippen LogP contribution is -2.39. The minimum absolute atomic E-state index is 0.0693. The highest BCUT2D eigenvalue weighted by Gasteiger charge is 2.24. The minimum Gasteiger partial charge on any atom is -0.496 e. The molecule has 1 saturated heterocycles. The Bertz CT molecular complexity index is 659. The van der Waals surface area contributed by atoms with Crippen LogP contribution in [0.5, 0.6) is 5.75 Å². The molecule has 3 rings (SSSR count). The Labute approximate surface area is 144 Å². The number of para-hydroxylation sites is 1.